The molecule has 0 heterocycles. The van der Waals surface area contributed by atoms with Crippen LogP contribution in [0.3, 0.4) is 0 Å². The molecule has 0 aliphatic heterocycles. The summed E-state index contributed by atoms with van der Waals surface area (Å²) >= 11 is 0. The summed E-state index contributed by atoms with van der Waals surface area (Å²) in [4.78, 5) is 23.5. The predicted octanol–water partition coefficient (Wildman–Crippen LogP) is 4.15. The van der Waals surface area contributed by atoms with Crippen LogP contribution in [0, 0.1) is 13.8 Å². The van der Waals surface area contributed by atoms with Crippen molar-refractivity contribution < 1.29 is 22.8 Å². The van der Waals surface area contributed by atoms with Gasteiger partial charge in [-0.3, -0.25) is 9.59 Å². The summed E-state index contributed by atoms with van der Waals surface area (Å²) in [6, 6.07) is 5.40. The molecule has 0 fully saturated rings. The van der Waals surface area contributed by atoms with Crippen molar-refractivity contribution in [1.82, 2.24) is 5.32 Å². The topological polar surface area (TPSA) is 58.2 Å². The lowest BCUT2D eigenvalue weighted by Gasteiger charge is -2.08. The molecule has 4 nitrogen and oxygen atoms in total. The Morgan fingerprint density at radius 1 is 1.11 bits per heavy atom. The number of anilines is 1. The van der Waals surface area contributed by atoms with E-state index in [4.69, 9.17) is 0 Å². The van der Waals surface area contributed by atoms with E-state index in [2.05, 4.69) is 23.8 Å². The van der Waals surface area contributed by atoms with E-state index in [0.717, 1.165) is 29.4 Å². The van der Waals surface area contributed by atoms with Gasteiger partial charge < -0.3 is 10.6 Å². The van der Waals surface area contributed by atoms with Crippen LogP contribution in [0.4, 0.5) is 18.9 Å². The van der Waals surface area contributed by atoms with E-state index in [-0.39, 0.29) is 12.1 Å². The standard InChI is InChI=1S/C20H21F3N2O2/c1-5-16(20(21,22)23)10-13(2)12-24-18(26)8-9-19(27)25-17-7-6-14(3)15(4)11-17/h5-11H,1-2,12H2,3-4H3,(H,24,26)(H,25,27)/b9-8-,16-10+. The molecule has 0 radical (unpaired) electrons. The van der Waals surface area contributed by atoms with Crippen LogP contribution in [0.25, 0.3) is 0 Å². The van der Waals surface area contributed by atoms with E-state index >= 15 is 0 Å². The van der Waals surface area contributed by atoms with Gasteiger partial charge in [0, 0.05) is 24.4 Å². The SMILES string of the molecule is C=C/C(=C\C(=C)CNC(=O)/C=C\C(=O)Nc1ccc(C)c(C)c1)C(F)(F)F. The number of benzene rings is 1. The first-order chi connectivity index (χ1) is 12.5. The molecule has 7 heteroatoms. The molecule has 0 aliphatic carbocycles. The van der Waals surface area contributed by atoms with Crippen LogP contribution < -0.4 is 10.6 Å². The number of halogens is 3. The van der Waals surface area contributed by atoms with Crippen LogP contribution in [0.2, 0.25) is 0 Å². The zero-order valence-corrected chi connectivity index (χ0v) is 15.1. The summed E-state index contributed by atoms with van der Waals surface area (Å²) in [6.45, 7) is 10.2. The molecule has 0 aromatic heterocycles. The summed E-state index contributed by atoms with van der Waals surface area (Å²) in [5.74, 6) is -1.13. The second-order valence-corrected chi connectivity index (χ2v) is 5.80. The van der Waals surface area contributed by atoms with Gasteiger partial charge >= 0.3 is 6.18 Å². The third-order valence-electron chi connectivity index (χ3n) is 3.56. The van der Waals surface area contributed by atoms with Crippen LogP contribution in [0.15, 0.2) is 66.8 Å². The lowest BCUT2D eigenvalue weighted by Crippen LogP contribution is -2.24. The predicted molar refractivity (Wildman–Crippen MR) is 100 cm³/mol. The molecule has 2 amide bonds. The van der Waals surface area contributed by atoms with E-state index in [1.165, 1.54) is 0 Å². The molecule has 0 saturated carbocycles. The van der Waals surface area contributed by atoms with E-state index in [1.807, 2.05) is 19.9 Å². The van der Waals surface area contributed by atoms with Gasteiger partial charge in [0.1, 0.15) is 0 Å². The van der Waals surface area contributed by atoms with E-state index in [9.17, 15) is 22.8 Å². The monoisotopic (exact) mass is 378 g/mol. The highest BCUT2D eigenvalue weighted by Crippen LogP contribution is 2.26. The van der Waals surface area contributed by atoms with Crippen molar-refractivity contribution in [2.45, 2.75) is 20.0 Å². The van der Waals surface area contributed by atoms with Crippen molar-refractivity contribution >= 4 is 17.5 Å². The van der Waals surface area contributed by atoms with Gasteiger partial charge in [0.2, 0.25) is 11.8 Å². The average Bonchev–Trinajstić information content (AvgIpc) is 2.58. The van der Waals surface area contributed by atoms with Crippen molar-refractivity contribution in [3.05, 3.63) is 77.9 Å². The van der Waals surface area contributed by atoms with Crippen molar-refractivity contribution in [1.29, 1.82) is 0 Å². The number of carbonyl (C=O) groups excluding carboxylic acids is 2. The Hall–Kier alpha value is -3.09. The molecular formula is C20H21F3N2O2. The number of allylic oxidation sites excluding steroid dienone is 2. The van der Waals surface area contributed by atoms with Gasteiger partial charge in [-0.2, -0.15) is 13.2 Å². The first-order valence-corrected chi connectivity index (χ1v) is 7.96. The summed E-state index contributed by atoms with van der Waals surface area (Å²) in [5, 5.41) is 4.96. The third-order valence-corrected chi connectivity index (χ3v) is 3.56. The number of aryl methyl sites for hydroxylation is 2. The molecule has 0 saturated heterocycles. The molecule has 144 valence electrons. The molecule has 0 spiro atoms. The molecule has 0 aliphatic rings. The Labute approximate surface area is 156 Å². The number of alkyl halides is 3. The molecule has 1 aromatic carbocycles. The van der Waals surface area contributed by atoms with Crippen molar-refractivity contribution in [2.24, 2.45) is 0 Å². The minimum Gasteiger partial charge on any atom is -0.348 e. The summed E-state index contributed by atoms with van der Waals surface area (Å²) in [7, 11) is 0. The number of rotatable bonds is 7. The summed E-state index contributed by atoms with van der Waals surface area (Å²) in [5.41, 5.74) is 1.78. The second-order valence-electron chi connectivity index (χ2n) is 5.80. The number of nitrogens with one attached hydrogen (secondary N) is 2. The van der Waals surface area contributed by atoms with E-state index in [0.29, 0.717) is 11.8 Å². The maximum atomic E-state index is 12.6. The minimum absolute atomic E-state index is 0.0450. The minimum atomic E-state index is -4.54. The van der Waals surface area contributed by atoms with Crippen LogP contribution in [0.5, 0.6) is 0 Å². The largest absolute Gasteiger partial charge is 0.416 e. The Morgan fingerprint density at radius 2 is 1.74 bits per heavy atom. The Bertz CT molecular complexity index is 806. The van der Waals surface area contributed by atoms with Gasteiger partial charge in [-0.1, -0.05) is 25.3 Å². The molecule has 0 unspecified atom stereocenters. The van der Waals surface area contributed by atoms with Crippen molar-refractivity contribution in [2.75, 3.05) is 11.9 Å². The molecule has 27 heavy (non-hydrogen) atoms. The molecule has 1 rings (SSSR count). The zero-order valence-electron chi connectivity index (χ0n) is 15.1. The van der Waals surface area contributed by atoms with Gasteiger partial charge in [-0.05, 0) is 48.8 Å². The van der Waals surface area contributed by atoms with Gasteiger partial charge in [-0.25, -0.2) is 0 Å². The zero-order chi connectivity index (χ0) is 20.6. The molecule has 1 aromatic rings. The number of hydrogen-bond donors (Lipinski definition) is 2. The molecular weight excluding hydrogens is 357 g/mol. The average molecular weight is 378 g/mol. The van der Waals surface area contributed by atoms with Crippen LogP contribution in [-0.2, 0) is 9.59 Å². The van der Waals surface area contributed by atoms with E-state index in [1.54, 1.807) is 12.1 Å². The van der Waals surface area contributed by atoms with Gasteiger partial charge in [0.05, 0.1) is 5.57 Å². The fraction of sp³-hybridized carbons (Fsp3) is 0.200. The summed E-state index contributed by atoms with van der Waals surface area (Å²) < 4.78 is 37.8. The van der Waals surface area contributed by atoms with Gasteiger partial charge in [0.25, 0.3) is 0 Å². The fourth-order valence-electron chi connectivity index (χ4n) is 1.94. The second kappa shape index (κ2) is 9.56. The Morgan fingerprint density at radius 3 is 2.30 bits per heavy atom. The maximum absolute atomic E-state index is 12.6. The summed E-state index contributed by atoms with van der Waals surface area (Å²) in [6.07, 6.45) is -1.05. The lowest BCUT2D eigenvalue weighted by atomic mass is 10.1. The highest BCUT2D eigenvalue weighted by Gasteiger charge is 2.31. The fourth-order valence-corrected chi connectivity index (χ4v) is 1.94. The van der Waals surface area contributed by atoms with Crippen LogP contribution in [-0.4, -0.2) is 24.5 Å². The molecule has 2 N–H and O–H groups in total. The number of amides is 2. The lowest BCUT2D eigenvalue weighted by molar-refractivity contribution is -0.117. The normalized spacial score (nSPS) is 12.0. The first-order valence-electron chi connectivity index (χ1n) is 7.96. The van der Waals surface area contributed by atoms with Crippen LogP contribution >= 0.6 is 0 Å². The van der Waals surface area contributed by atoms with E-state index < -0.39 is 23.6 Å². The van der Waals surface area contributed by atoms with Crippen LogP contribution in [0.1, 0.15) is 11.1 Å². The Kier molecular flexibility index (Phi) is 7.78. The highest BCUT2D eigenvalue weighted by atomic mass is 19.4. The van der Waals surface area contributed by atoms with Gasteiger partial charge in [-0.15, -0.1) is 0 Å². The van der Waals surface area contributed by atoms with Crippen molar-refractivity contribution in [3.8, 4) is 0 Å². The smallest absolute Gasteiger partial charge is 0.348 e. The highest BCUT2D eigenvalue weighted by molar-refractivity contribution is 6.03. The molecule has 0 atom stereocenters. The van der Waals surface area contributed by atoms with Gasteiger partial charge in [0.15, 0.2) is 0 Å². The third kappa shape index (κ3) is 7.77. The maximum Gasteiger partial charge on any atom is 0.416 e. The first kappa shape index (κ1) is 22.0. The Balaban J connectivity index is 2.54. The van der Waals surface area contributed by atoms with Crippen molar-refractivity contribution in [3.63, 3.8) is 0 Å². The number of hydrogen-bond acceptors (Lipinski definition) is 2. The molecule has 0 bridgehead atoms. The number of carbonyl (C=O) groups is 2. The quantitative estimate of drug-likeness (QED) is 0.553.